The molecular weight excluding hydrogens is 424 g/mol. The monoisotopic (exact) mass is 452 g/mol. The summed E-state index contributed by atoms with van der Waals surface area (Å²) in [6, 6.07) is 18.2. The number of aryl methyl sites for hydroxylation is 1. The molecule has 162 valence electrons. The Bertz CT molecular complexity index is 940. The number of thioether (sulfide) groups is 1. The van der Waals surface area contributed by atoms with E-state index in [0.717, 1.165) is 31.2 Å². The Morgan fingerprint density at radius 3 is 2.55 bits per heavy atom. The Hall–Kier alpha value is -2.44. The van der Waals surface area contributed by atoms with Gasteiger partial charge >= 0.3 is 0 Å². The van der Waals surface area contributed by atoms with Crippen molar-refractivity contribution in [1.82, 2.24) is 10.2 Å². The van der Waals surface area contributed by atoms with Gasteiger partial charge in [-0.05, 0) is 43.4 Å². The van der Waals surface area contributed by atoms with Gasteiger partial charge in [0.25, 0.3) is 5.91 Å². The number of carbonyl (C=O) groups is 2. The molecule has 0 spiro atoms. The molecule has 2 aromatic rings. The molecule has 0 aliphatic carbocycles. The average molecular weight is 453 g/mol. The highest BCUT2D eigenvalue weighted by molar-refractivity contribution is 8.26. The van der Waals surface area contributed by atoms with Crippen molar-refractivity contribution >= 4 is 46.2 Å². The average Bonchev–Trinajstić information content (AvgIpc) is 3.03. The van der Waals surface area contributed by atoms with Crippen molar-refractivity contribution in [3.8, 4) is 0 Å². The van der Waals surface area contributed by atoms with Crippen molar-refractivity contribution in [1.29, 1.82) is 0 Å². The quantitative estimate of drug-likeness (QED) is 0.309. The molecule has 6 heteroatoms. The van der Waals surface area contributed by atoms with E-state index in [0.29, 0.717) is 28.7 Å². The maximum atomic E-state index is 12.7. The van der Waals surface area contributed by atoms with E-state index < -0.39 is 0 Å². The van der Waals surface area contributed by atoms with Crippen LogP contribution in [0.25, 0.3) is 6.08 Å². The lowest BCUT2D eigenvalue weighted by atomic mass is 10.1. The number of nitrogens with zero attached hydrogens (tertiary/aromatic N) is 1. The third-order valence-corrected chi connectivity index (χ3v) is 6.49. The normalized spacial score (nSPS) is 15.0. The zero-order valence-electron chi connectivity index (χ0n) is 17.8. The number of amides is 2. The van der Waals surface area contributed by atoms with Crippen molar-refractivity contribution in [2.75, 3.05) is 13.1 Å². The Labute approximate surface area is 194 Å². The summed E-state index contributed by atoms with van der Waals surface area (Å²) in [6.07, 6.45) is 5.79. The van der Waals surface area contributed by atoms with Gasteiger partial charge in [-0.2, -0.15) is 0 Å². The lowest BCUT2D eigenvalue weighted by Gasteiger charge is -2.14. The first-order valence-electron chi connectivity index (χ1n) is 10.7. The lowest BCUT2D eigenvalue weighted by molar-refractivity contribution is -0.122. The van der Waals surface area contributed by atoms with Crippen LogP contribution in [0.5, 0.6) is 0 Å². The molecule has 0 bridgehead atoms. The highest BCUT2D eigenvalue weighted by Gasteiger charge is 2.31. The Morgan fingerprint density at radius 2 is 1.81 bits per heavy atom. The molecule has 0 radical (unpaired) electrons. The summed E-state index contributed by atoms with van der Waals surface area (Å²) in [6.45, 7) is 3.30. The molecule has 31 heavy (non-hydrogen) atoms. The summed E-state index contributed by atoms with van der Waals surface area (Å²) in [5, 5.41) is 2.97. The van der Waals surface area contributed by atoms with Gasteiger partial charge in [-0.15, -0.1) is 0 Å². The smallest absolute Gasteiger partial charge is 0.266 e. The summed E-state index contributed by atoms with van der Waals surface area (Å²) < 4.78 is 0.613. The number of hydrogen-bond donors (Lipinski definition) is 1. The Kier molecular flexibility index (Phi) is 8.85. The lowest BCUT2D eigenvalue weighted by Crippen LogP contribution is -2.29. The SMILES string of the molecule is Cc1ccc(/C=C2\SC(=S)N(CCCCCC(=O)NCCc3ccccc3)C2=O)cc1. The van der Waals surface area contributed by atoms with Gasteiger partial charge in [-0.1, -0.05) is 90.6 Å². The molecule has 2 amide bonds. The zero-order valence-corrected chi connectivity index (χ0v) is 19.4. The van der Waals surface area contributed by atoms with Gasteiger partial charge in [0.15, 0.2) is 0 Å². The fraction of sp³-hybridized carbons (Fsp3) is 0.320. The predicted octanol–water partition coefficient (Wildman–Crippen LogP) is 5.12. The summed E-state index contributed by atoms with van der Waals surface area (Å²) in [5.74, 6) is 0.0665. The van der Waals surface area contributed by atoms with E-state index in [4.69, 9.17) is 12.2 Å². The van der Waals surface area contributed by atoms with E-state index in [1.165, 1.54) is 22.9 Å². The molecule has 3 rings (SSSR count). The Balaban J connectivity index is 1.33. The summed E-state index contributed by atoms with van der Waals surface area (Å²) in [7, 11) is 0. The molecule has 1 aliphatic rings. The number of thiocarbonyl (C=S) groups is 1. The number of hydrogen-bond acceptors (Lipinski definition) is 4. The number of unbranched alkanes of at least 4 members (excludes halogenated alkanes) is 2. The van der Waals surface area contributed by atoms with Gasteiger partial charge in [0.05, 0.1) is 4.91 Å². The molecular formula is C25H28N2O2S2. The van der Waals surface area contributed by atoms with Crippen molar-refractivity contribution in [2.24, 2.45) is 0 Å². The van der Waals surface area contributed by atoms with Crippen LogP contribution in [0.3, 0.4) is 0 Å². The number of carbonyl (C=O) groups excluding carboxylic acids is 2. The fourth-order valence-corrected chi connectivity index (χ4v) is 4.63. The minimum absolute atomic E-state index is 0.0192. The van der Waals surface area contributed by atoms with Crippen LogP contribution in [0, 0.1) is 6.92 Å². The van der Waals surface area contributed by atoms with Crippen molar-refractivity contribution in [2.45, 2.75) is 39.0 Å². The van der Waals surface area contributed by atoms with Gasteiger partial charge in [0, 0.05) is 19.5 Å². The van der Waals surface area contributed by atoms with E-state index >= 15 is 0 Å². The maximum absolute atomic E-state index is 12.7. The summed E-state index contributed by atoms with van der Waals surface area (Å²) >= 11 is 6.76. The fourth-order valence-electron chi connectivity index (χ4n) is 3.32. The molecule has 0 aromatic heterocycles. The molecule has 0 saturated carbocycles. The van der Waals surface area contributed by atoms with E-state index in [2.05, 4.69) is 17.4 Å². The summed E-state index contributed by atoms with van der Waals surface area (Å²) in [4.78, 5) is 27.0. The van der Waals surface area contributed by atoms with Crippen LogP contribution in [0.2, 0.25) is 0 Å². The standard InChI is InChI=1S/C25H28N2O2S2/c1-19-11-13-21(14-12-19)18-22-24(29)27(25(30)31-22)17-7-3-6-10-23(28)26-16-15-20-8-4-2-5-9-20/h2,4-5,8-9,11-14,18H,3,6-7,10,15-17H2,1H3,(H,26,28)/b22-18-. The second-order valence-corrected chi connectivity index (χ2v) is 9.32. The molecule has 4 nitrogen and oxygen atoms in total. The third kappa shape index (κ3) is 7.33. The van der Waals surface area contributed by atoms with Crippen LogP contribution in [-0.4, -0.2) is 34.1 Å². The highest BCUT2D eigenvalue weighted by atomic mass is 32.2. The maximum Gasteiger partial charge on any atom is 0.266 e. The molecule has 1 saturated heterocycles. The van der Waals surface area contributed by atoms with Crippen LogP contribution in [0.15, 0.2) is 59.5 Å². The molecule has 1 N–H and O–H groups in total. The Morgan fingerprint density at radius 1 is 1.06 bits per heavy atom. The van der Waals surface area contributed by atoms with Crippen molar-refractivity contribution in [3.05, 3.63) is 76.2 Å². The second kappa shape index (κ2) is 11.8. The highest BCUT2D eigenvalue weighted by Crippen LogP contribution is 2.32. The van der Waals surface area contributed by atoms with E-state index in [1.807, 2.05) is 55.5 Å². The number of benzene rings is 2. The molecule has 1 heterocycles. The van der Waals surface area contributed by atoms with Gasteiger partial charge in [-0.3, -0.25) is 14.5 Å². The topological polar surface area (TPSA) is 49.4 Å². The molecule has 0 atom stereocenters. The molecule has 0 unspecified atom stereocenters. The minimum Gasteiger partial charge on any atom is -0.356 e. The predicted molar refractivity (Wildman–Crippen MR) is 133 cm³/mol. The molecule has 2 aromatic carbocycles. The number of rotatable bonds is 10. The van der Waals surface area contributed by atoms with Gasteiger partial charge < -0.3 is 5.32 Å². The van der Waals surface area contributed by atoms with Crippen LogP contribution >= 0.6 is 24.0 Å². The molecule has 1 fully saturated rings. The molecule has 1 aliphatic heterocycles. The van der Waals surface area contributed by atoms with E-state index in [-0.39, 0.29) is 11.8 Å². The van der Waals surface area contributed by atoms with E-state index in [1.54, 1.807) is 4.90 Å². The second-order valence-electron chi connectivity index (χ2n) is 7.64. The van der Waals surface area contributed by atoms with Crippen LogP contribution in [0.1, 0.15) is 42.4 Å². The first kappa shape index (κ1) is 23.2. The van der Waals surface area contributed by atoms with Crippen LogP contribution in [-0.2, 0) is 16.0 Å². The van der Waals surface area contributed by atoms with Crippen LogP contribution in [0.4, 0.5) is 0 Å². The van der Waals surface area contributed by atoms with E-state index in [9.17, 15) is 9.59 Å². The first-order chi connectivity index (χ1) is 15.0. The van der Waals surface area contributed by atoms with Crippen LogP contribution < -0.4 is 5.32 Å². The minimum atomic E-state index is -0.0192. The summed E-state index contributed by atoms with van der Waals surface area (Å²) in [5.41, 5.74) is 3.42. The largest absolute Gasteiger partial charge is 0.356 e. The third-order valence-electron chi connectivity index (χ3n) is 5.11. The van der Waals surface area contributed by atoms with Gasteiger partial charge in [0.1, 0.15) is 4.32 Å². The zero-order chi connectivity index (χ0) is 22.1. The first-order valence-corrected chi connectivity index (χ1v) is 11.9. The number of nitrogens with one attached hydrogen (secondary N) is 1. The van der Waals surface area contributed by atoms with Crippen molar-refractivity contribution in [3.63, 3.8) is 0 Å². The van der Waals surface area contributed by atoms with Gasteiger partial charge in [0.2, 0.25) is 5.91 Å². The van der Waals surface area contributed by atoms with Gasteiger partial charge in [-0.25, -0.2) is 0 Å². The van der Waals surface area contributed by atoms with Crippen molar-refractivity contribution < 1.29 is 9.59 Å².